The van der Waals surface area contributed by atoms with E-state index in [1.165, 1.54) is 49.2 Å². The van der Waals surface area contributed by atoms with Crippen LogP contribution in [0.5, 0.6) is 23.0 Å². The van der Waals surface area contributed by atoms with Gasteiger partial charge in [0.05, 0.1) is 55.6 Å². The largest absolute Gasteiger partial charge is 2.00 e. The number of carbonyl (C=O) groups excluding carboxylic acids is 5. The summed E-state index contributed by atoms with van der Waals surface area (Å²) in [7, 11) is 0. The van der Waals surface area contributed by atoms with Crippen LogP contribution in [-0.4, -0.2) is 140 Å². The van der Waals surface area contributed by atoms with Gasteiger partial charge in [0, 0.05) is 49.8 Å². The van der Waals surface area contributed by atoms with E-state index in [9.17, 15) is 24.0 Å². The van der Waals surface area contributed by atoms with Gasteiger partial charge in [-0.3, -0.25) is 39.2 Å². The number of halogens is 1. The number of pyridine rings is 4. The molecule has 8 aromatic heterocycles. The first kappa shape index (κ1) is 82.5. The zero-order valence-electron chi connectivity index (χ0n) is 60.5. The molecule has 0 saturated carbocycles. The van der Waals surface area contributed by atoms with Gasteiger partial charge >= 0.3 is 41.0 Å². The van der Waals surface area contributed by atoms with Crippen LogP contribution in [0, 0.1) is 11.3 Å². The number of rotatable bonds is 23. The number of Topliss-reactive ketones (excluding diaryl/α,β-unsaturated/α-hetero) is 1. The van der Waals surface area contributed by atoms with E-state index in [4.69, 9.17) is 46.1 Å². The van der Waals surface area contributed by atoms with Crippen molar-refractivity contribution in [2.24, 2.45) is 5.41 Å². The fraction of sp³-hybridized carbons (Fsp3) is 0.421. The molecule has 4 atom stereocenters. The van der Waals surface area contributed by atoms with Crippen molar-refractivity contribution in [3.63, 3.8) is 0 Å². The number of likely N-dealkylation sites (tertiary alicyclic amines) is 3. The standard InChI is InChI=1S/C21H21N3O4.C20H25N3O4.C17H19N3O5.C13H15N3O2.C5H11.ClH.Mg/c25-21(27-13-16-6-2-1-3-7-16)24-11-5-9-19(24)20-18(23-15-28-20)14-26-17-8-4-10-22-12-17;1-4-20(2,3)18(24)19(25)23-10-6-8-16(23)17-15(22-13-27-17)12-26-14-7-5-9-21-11-14;1-2-23-17(22)16(21)20-8-4-6-14(20)15-13(19-11-25-15)10-24-12-5-3-7-18-9-12;1-3-10(7-14-5-1)17-8-12-13(18-9-16-12)11-4-2-6-15-11;1-4-5(2)3;;/h1-4,6-8,10,12,15,19H,5,9,11,13-14H2;5,7,9,11,13,16H,4,6,8,10,12H2,1-3H3;3,5,7,9,11,14H,2,4,6,8,10H2,1H3;1,3,5,7,9,11,15H,2,4,6,8H2;4H2,1-3H3;1H;/q;;;;-1;;+2/p-1/t19-;16-;14-;11-;;;/m0000.../s1. The number of esters is 1. The molecular formula is C76H91ClMgN12O15. The number of ketones is 1. The fourth-order valence-electron chi connectivity index (χ4n) is 11.4. The van der Waals surface area contributed by atoms with Crippen molar-refractivity contribution >= 4 is 52.7 Å². The van der Waals surface area contributed by atoms with Crippen LogP contribution < -0.4 is 36.7 Å². The molecule has 4 aliphatic heterocycles. The number of aromatic nitrogens is 8. The molecular weight excluding hydrogens is 1380 g/mol. The Kier molecular flexibility index (Phi) is 33.7. The number of hydrogen-bond donors (Lipinski definition) is 1. The third-order valence-electron chi connectivity index (χ3n) is 17.6. The molecule has 1 N–H and O–H groups in total. The number of amides is 3. The van der Waals surface area contributed by atoms with Crippen LogP contribution in [0.25, 0.3) is 0 Å². The maximum atomic E-state index is 12.8. The number of benzene rings is 1. The van der Waals surface area contributed by atoms with Crippen molar-refractivity contribution in [1.29, 1.82) is 0 Å². The predicted octanol–water partition coefficient (Wildman–Crippen LogP) is 10.0. The van der Waals surface area contributed by atoms with Crippen molar-refractivity contribution in [1.82, 2.24) is 59.9 Å². The Morgan fingerprint density at radius 1 is 0.505 bits per heavy atom. The maximum Gasteiger partial charge on any atom is 2.00 e. The molecule has 27 nitrogen and oxygen atoms in total. The summed E-state index contributed by atoms with van der Waals surface area (Å²) in [5.74, 6) is 4.53. The normalized spacial score (nSPS) is 16.4. The molecule has 0 radical (unpaired) electrons. The van der Waals surface area contributed by atoms with E-state index in [-0.39, 0.29) is 105 Å². The van der Waals surface area contributed by atoms with Crippen LogP contribution in [0.3, 0.4) is 0 Å². The summed E-state index contributed by atoms with van der Waals surface area (Å²) >= 11 is 0. The number of hydrogen-bond acceptors (Lipinski definition) is 24. The molecule has 4 saturated heterocycles. The quantitative estimate of drug-likeness (QED) is 0.0269. The number of ether oxygens (including phenoxy) is 6. The molecule has 1 aromatic carbocycles. The molecule has 3 amide bonds. The molecule has 554 valence electrons. The van der Waals surface area contributed by atoms with Gasteiger partial charge in [-0.2, -0.15) is 20.3 Å². The van der Waals surface area contributed by atoms with E-state index in [1.807, 2.05) is 61.5 Å². The van der Waals surface area contributed by atoms with Crippen molar-refractivity contribution in [2.45, 2.75) is 170 Å². The van der Waals surface area contributed by atoms with Gasteiger partial charge in [-0.05, 0) is 125 Å². The van der Waals surface area contributed by atoms with Gasteiger partial charge < -0.3 is 79.5 Å². The SMILES string of the molecule is CCC(C)(C)C(=O)C(=O)N1CCC[C@H]1c1ocnc1COc1cccnc1.CCOC(=O)C(=O)N1CCC[C@H]1c1ocnc1COc1cccnc1.CC[C-](C)C.O=C(OCc1ccccc1)N1CCC[C@H]1c1ocnc1COc1cccnc1.[Cl-].[Mg+2].c1cncc(OCc2ncoc2[C@@H]2CCCN2)c1. The van der Waals surface area contributed by atoms with Crippen molar-refractivity contribution < 1.29 is 82.5 Å². The number of nitrogens with one attached hydrogen (secondary N) is 1. The van der Waals surface area contributed by atoms with Crippen LogP contribution in [0.1, 0.15) is 188 Å². The maximum absolute atomic E-state index is 12.8. The Morgan fingerprint density at radius 3 is 1.27 bits per heavy atom. The second-order valence-corrected chi connectivity index (χ2v) is 25.3. The summed E-state index contributed by atoms with van der Waals surface area (Å²) < 4.78 is 55.2. The van der Waals surface area contributed by atoms with E-state index in [0.717, 1.165) is 67.8 Å². The van der Waals surface area contributed by atoms with Crippen molar-refractivity contribution in [2.75, 3.05) is 32.8 Å². The van der Waals surface area contributed by atoms with Gasteiger partial charge in [-0.1, -0.05) is 58.0 Å². The Hall–Kier alpha value is -9.77. The van der Waals surface area contributed by atoms with Crippen LogP contribution >= 0.6 is 0 Å². The van der Waals surface area contributed by atoms with Gasteiger partial charge in [0.2, 0.25) is 5.78 Å². The van der Waals surface area contributed by atoms with E-state index in [0.29, 0.717) is 90.7 Å². The fourth-order valence-corrected chi connectivity index (χ4v) is 11.4. The van der Waals surface area contributed by atoms with Crippen LogP contribution in [0.2, 0.25) is 0 Å². The molecule has 29 heteroatoms. The second kappa shape index (κ2) is 42.9. The van der Waals surface area contributed by atoms with Crippen LogP contribution in [0.4, 0.5) is 4.79 Å². The summed E-state index contributed by atoms with van der Waals surface area (Å²) in [6, 6.07) is 23.6. The van der Waals surface area contributed by atoms with Gasteiger partial charge in [-0.15, -0.1) is 0 Å². The molecule has 9 aromatic rings. The first-order valence-electron chi connectivity index (χ1n) is 34.8. The summed E-state index contributed by atoms with van der Waals surface area (Å²) in [5.41, 5.74) is 3.05. The zero-order chi connectivity index (χ0) is 72.8. The van der Waals surface area contributed by atoms with Crippen LogP contribution in [0.15, 0.2) is 172 Å². The molecule has 0 bridgehead atoms. The van der Waals surface area contributed by atoms with Gasteiger partial charge in [0.15, 0.2) is 42.9 Å². The number of carbonyl (C=O) groups is 5. The smallest absolute Gasteiger partial charge is 1.00 e. The van der Waals surface area contributed by atoms with Crippen molar-refractivity contribution in [3.05, 3.63) is 211 Å². The Morgan fingerprint density at radius 2 is 0.895 bits per heavy atom. The third kappa shape index (κ3) is 24.1. The monoisotopic (exact) mass is 1470 g/mol. The third-order valence-corrected chi connectivity index (χ3v) is 17.6. The Labute approximate surface area is 633 Å². The topological polar surface area (TPSA) is 318 Å². The molecule has 4 fully saturated rings. The summed E-state index contributed by atoms with van der Waals surface area (Å²) in [5, 5.41) is 3.40. The summed E-state index contributed by atoms with van der Waals surface area (Å²) in [4.78, 5) is 99.8. The molecule has 12 heterocycles. The minimum atomic E-state index is -0.845. The van der Waals surface area contributed by atoms with Gasteiger partial charge in [0.25, 0.3) is 5.91 Å². The molecule has 0 aliphatic carbocycles. The average Bonchev–Trinajstić information content (AvgIpc) is 1.70. The molecule has 4 aliphatic rings. The first-order valence-corrected chi connectivity index (χ1v) is 34.8. The Balaban J connectivity index is 0.000000192. The number of oxazole rings is 4. The zero-order valence-corrected chi connectivity index (χ0v) is 62.7. The van der Waals surface area contributed by atoms with Crippen molar-refractivity contribution in [3.8, 4) is 23.0 Å². The molecule has 13 rings (SSSR count). The Bertz CT molecular complexity index is 4020. The molecule has 0 spiro atoms. The van der Waals surface area contributed by atoms with Crippen LogP contribution in [-0.2, 0) is 61.7 Å². The minimum absolute atomic E-state index is 0. The molecule has 0 unspecified atom stereocenters. The van der Waals surface area contributed by atoms with E-state index < -0.39 is 23.2 Å². The van der Waals surface area contributed by atoms with E-state index in [2.05, 4.69) is 66.0 Å². The summed E-state index contributed by atoms with van der Waals surface area (Å²) in [6.45, 7) is 17.8. The van der Waals surface area contributed by atoms with E-state index in [1.54, 1.807) is 104 Å². The first-order chi connectivity index (χ1) is 50.2. The summed E-state index contributed by atoms with van der Waals surface area (Å²) in [6.07, 6.45) is 27.3. The number of nitrogens with zero attached hydrogens (tertiary/aromatic N) is 11. The second-order valence-electron chi connectivity index (χ2n) is 25.3. The molecule has 105 heavy (non-hydrogen) atoms. The van der Waals surface area contributed by atoms with Gasteiger partial charge in [0.1, 0.15) is 84.6 Å². The van der Waals surface area contributed by atoms with E-state index >= 15 is 0 Å². The average molecular weight is 1470 g/mol. The van der Waals surface area contributed by atoms with Gasteiger partial charge in [-0.25, -0.2) is 29.5 Å². The minimum Gasteiger partial charge on any atom is -1.00 e. The predicted molar refractivity (Wildman–Crippen MR) is 379 cm³/mol.